The molecule has 5 N–H and O–H groups in total. The van der Waals surface area contributed by atoms with E-state index < -0.39 is 0 Å². The first-order valence-corrected chi connectivity index (χ1v) is 9.65. The monoisotopic (exact) mass is 367 g/mol. The molecule has 2 atom stereocenters. The van der Waals surface area contributed by atoms with Gasteiger partial charge < -0.3 is 21.5 Å². The summed E-state index contributed by atoms with van der Waals surface area (Å²) in [4.78, 5) is 12.8. The fraction of sp³-hybridized carbons (Fsp3) is 0.409. The molecule has 1 saturated heterocycles. The van der Waals surface area contributed by atoms with Crippen LogP contribution in [0.1, 0.15) is 55.5 Å². The van der Waals surface area contributed by atoms with Gasteiger partial charge in [0, 0.05) is 17.2 Å². The normalized spacial score (nSPS) is 19.3. The van der Waals surface area contributed by atoms with E-state index >= 15 is 0 Å². The molecule has 1 fully saturated rings. The molecule has 0 aliphatic carbocycles. The Bertz CT molecular complexity index is 815. The molecule has 0 amide bonds. The molecule has 27 heavy (non-hydrogen) atoms. The second-order valence-corrected chi connectivity index (χ2v) is 7.47. The number of piperidine rings is 1. The van der Waals surface area contributed by atoms with Gasteiger partial charge in [-0.2, -0.15) is 0 Å². The second kappa shape index (κ2) is 8.01. The van der Waals surface area contributed by atoms with E-state index in [0.29, 0.717) is 34.3 Å². The Kier molecular flexibility index (Phi) is 5.71. The lowest BCUT2D eigenvalue weighted by molar-refractivity contribution is 0.0316. The van der Waals surface area contributed by atoms with Gasteiger partial charge in [0.1, 0.15) is 11.4 Å². The number of benzene rings is 2. The first kappa shape index (κ1) is 19.2. The molecule has 2 aromatic carbocycles. The maximum absolute atomic E-state index is 12.8. The SMILES string of the molecule is CCC(C)(Oc1cccc(C(=O)c2ccc(N)c(N)c2)c1)C1CCCCN1. The van der Waals surface area contributed by atoms with E-state index in [1.54, 1.807) is 24.3 Å². The molecular weight excluding hydrogens is 338 g/mol. The molecule has 3 rings (SSSR count). The van der Waals surface area contributed by atoms with Crippen LogP contribution in [-0.4, -0.2) is 24.0 Å². The summed E-state index contributed by atoms with van der Waals surface area (Å²) in [6.07, 6.45) is 4.42. The molecule has 0 spiro atoms. The number of ketones is 1. The summed E-state index contributed by atoms with van der Waals surface area (Å²) in [5.41, 5.74) is 13.3. The molecule has 0 aromatic heterocycles. The number of nitrogens with two attached hydrogens (primary N) is 2. The van der Waals surface area contributed by atoms with Crippen molar-refractivity contribution in [2.45, 2.75) is 51.2 Å². The zero-order valence-electron chi connectivity index (χ0n) is 16.1. The average molecular weight is 367 g/mol. The van der Waals surface area contributed by atoms with Gasteiger partial charge >= 0.3 is 0 Å². The lowest BCUT2D eigenvalue weighted by Gasteiger charge is -2.40. The van der Waals surface area contributed by atoms with Gasteiger partial charge in [-0.15, -0.1) is 0 Å². The van der Waals surface area contributed by atoms with Crippen molar-refractivity contribution in [1.82, 2.24) is 5.32 Å². The Balaban J connectivity index is 1.82. The summed E-state index contributed by atoms with van der Waals surface area (Å²) >= 11 is 0. The summed E-state index contributed by atoms with van der Waals surface area (Å²) in [6.45, 7) is 5.31. The van der Waals surface area contributed by atoms with Crippen LogP contribution in [0.25, 0.3) is 0 Å². The molecular formula is C22H29N3O2. The topological polar surface area (TPSA) is 90.4 Å². The number of carbonyl (C=O) groups excluding carboxylic acids is 1. The number of hydrogen-bond acceptors (Lipinski definition) is 5. The highest BCUT2D eigenvalue weighted by molar-refractivity contribution is 6.10. The Morgan fingerprint density at radius 1 is 1.15 bits per heavy atom. The third kappa shape index (κ3) is 4.25. The van der Waals surface area contributed by atoms with Crippen molar-refractivity contribution < 1.29 is 9.53 Å². The minimum atomic E-state index is -0.312. The molecule has 5 nitrogen and oxygen atoms in total. The molecule has 2 aromatic rings. The largest absolute Gasteiger partial charge is 0.486 e. The summed E-state index contributed by atoms with van der Waals surface area (Å²) < 4.78 is 6.40. The molecule has 144 valence electrons. The second-order valence-electron chi connectivity index (χ2n) is 7.47. The zero-order chi connectivity index (χ0) is 19.4. The highest BCUT2D eigenvalue weighted by Gasteiger charge is 2.35. The maximum Gasteiger partial charge on any atom is 0.193 e. The van der Waals surface area contributed by atoms with E-state index in [0.717, 1.165) is 19.4 Å². The standard InChI is InChI=1S/C22H29N3O2/c1-3-22(2,20-9-4-5-12-25-20)27-17-8-6-7-15(13-17)21(26)16-10-11-18(23)19(24)14-16/h6-8,10-11,13-14,20,25H,3-5,9,12,23-24H2,1-2H3. The molecule has 1 heterocycles. The van der Waals surface area contributed by atoms with E-state index in [4.69, 9.17) is 16.2 Å². The fourth-order valence-corrected chi connectivity index (χ4v) is 3.62. The quantitative estimate of drug-likeness (QED) is 0.534. The first-order chi connectivity index (χ1) is 12.9. The number of hydrogen-bond donors (Lipinski definition) is 3. The molecule has 1 aliphatic heterocycles. The van der Waals surface area contributed by atoms with E-state index in [1.807, 2.05) is 18.2 Å². The van der Waals surface area contributed by atoms with Gasteiger partial charge in [-0.3, -0.25) is 4.79 Å². The maximum atomic E-state index is 12.8. The van der Waals surface area contributed by atoms with E-state index in [2.05, 4.69) is 19.2 Å². The van der Waals surface area contributed by atoms with Crippen LogP contribution in [-0.2, 0) is 0 Å². The van der Waals surface area contributed by atoms with Gasteiger partial charge in [0.2, 0.25) is 0 Å². The summed E-state index contributed by atoms with van der Waals surface area (Å²) in [5, 5.41) is 3.59. The lowest BCUT2D eigenvalue weighted by Crippen LogP contribution is -2.54. The molecule has 0 bridgehead atoms. The number of ether oxygens (including phenoxy) is 1. The molecule has 5 heteroatoms. The number of nitrogens with one attached hydrogen (secondary N) is 1. The van der Waals surface area contributed by atoms with Crippen molar-refractivity contribution in [3.63, 3.8) is 0 Å². The van der Waals surface area contributed by atoms with Crippen LogP contribution in [0.5, 0.6) is 5.75 Å². The highest BCUT2D eigenvalue weighted by atomic mass is 16.5. The molecule has 2 unspecified atom stereocenters. The van der Waals surface area contributed by atoms with Gasteiger partial charge in [-0.25, -0.2) is 0 Å². The van der Waals surface area contributed by atoms with E-state index in [-0.39, 0.29) is 11.4 Å². The average Bonchev–Trinajstić information content (AvgIpc) is 2.70. The van der Waals surface area contributed by atoms with Crippen LogP contribution >= 0.6 is 0 Å². The number of rotatable bonds is 6. The van der Waals surface area contributed by atoms with Gasteiger partial charge in [0.25, 0.3) is 0 Å². The Hall–Kier alpha value is -2.53. The molecule has 1 aliphatic rings. The zero-order valence-corrected chi connectivity index (χ0v) is 16.1. The van der Waals surface area contributed by atoms with Crippen molar-refractivity contribution in [2.24, 2.45) is 0 Å². The van der Waals surface area contributed by atoms with Crippen LogP contribution < -0.4 is 21.5 Å². The predicted molar refractivity (Wildman–Crippen MR) is 110 cm³/mol. The number of nitrogen functional groups attached to an aromatic ring is 2. The van der Waals surface area contributed by atoms with E-state index in [9.17, 15) is 4.79 Å². The van der Waals surface area contributed by atoms with Crippen LogP contribution in [0.2, 0.25) is 0 Å². The third-order valence-electron chi connectivity index (χ3n) is 5.55. The summed E-state index contributed by atoms with van der Waals surface area (Å²) in [6, 6.07) is 12.7. The Morgan fingerprint density at radius 2 is 1.93 bits per heavy atom. The predicted octanol–water partition coefficient (Wildman–Crippen LogP) is 3.77. The summed E-state index contributed by atoms with van der Waals surface area (Å²) in [5.74, 6) is 0.613. The number of anilines is 2. The van der Waals surface area contributed by atoms with Gasteiger partial charge in [0.15, 0.2) is 5.78 Å². The van der Waals surface area contributed by atoms with Crippen molar-refractivity contribution in [3.05, 3.63) is 53.6 Å². The van der Waals surface area contributed by atoms with Crippen molar-refractivity contribution in [1.29, 1.82) is 0 Å². The Morgan fingerprint density at radius 3 is 2.59 bits per heavy atom. The number of carbonyl (C=O) groups is 1. The van der Waals surface area contributed by atoms with Gasteiger partial charge in [-0.05, 0) is 63.1 Å². The minimum absolute atomic E-state index is 0.0962. The smallest absolute Gasteiger partial charge is 0.193 e. The lowest BCUT2D eigenvalue weighted by atomic mass is 9.87. The minimum Gasteiger partial charge on any atom is -0.486 e. The van der Waals surface area contributed by atoms with Gasteiger partial charge in [0.05, 0.1) is 11.4 Å². The molecule has 0 saturated carbocycles. The van der Waals surface area contributed by atoms with Crippen LogP contribution in [0.4, 0.5) is 11.4 Å². The van der Waals surface area contributed by atoms with Crippen molar-refractivity contribution in [3.8, 4) is 5.75 Å². The fourth-order valence-electron chi connectivity index (χ4n) is 3.62. The molecule has 0 radical (unpaired) electrons. The van der Waals surface area contributed by atoms with Crippen molar-refractivity contribution >= 4 is 17.2 Å². The van der Waals surface area contributed by atoms with Crippen LogP contribution in [0, 0.1) is 0 Å². The third-order valence-corrected chi connectivity index (χ3v) is 5.55. The van der Waals surface area contributed by atoms with Crippen LogP contribution in [0.3, 0.4) is 0 Å². The summed E-state index contributed by atoms with van der Waals surface area (Å²) in [7, 11) is 0. The van der Waals surface area contributed by atoms with Crippen LogP contribution in [0.15, 0.2) is 42.5 Å². The van der Waals surface area contributed by atoms with E-state index in [1.165, 1.54) is 12.8 Å². The van der Waals surface area contributed by atoms with Gasteiger partial charge in [-0.1, -0.05) is 25.5 Å². The Labute approximate surface area is 161 Å². The first-order valence-electron chi connectivity index (χ1n) is 9.65. The highest BCUT2D eigenvalue weighted by Crippen LogP contribution is 2.29. The van der Waals surface area contributed by atoms with Crippen molar-refractivity contribution in [2.75, 3.05) is 18.0 Å².